The molecule has 0 saturated heterocycles. The lowest BCUT2D eigenvalue weighted by atomic mass is 9.99. The summed E-state index contributed by atoms with van der Waals surface area (Å²) in [5, 5.41) is 19.0. The van der Waals surface area contributed by atoms with Crippen molar-refractivity contribution in [3.8, 4) is 22.5 Å². The number of rotatable bonds is 7. The van der Waals surface area contributed by atoms with E-state index in [-0.39, 0.29) is 16.5 Å². The third kappa shape index (κ3) is 5.45. The van der Waals surface area contributed by atoms with Crippen LogP contribution in [0.4, 0.5) is 15.8 Å². The smallest absolute Gasteiger partial charge is 0.292 e. The number of nitrogens with two attached hydrogens (primary N) is 2. The van der Waals surface area contributed by atoms with Gasteiger partial charge < -0.3 is 25.4 Å². The molecule has 13 heteroatoms. The van der Waals surface area contributed by atoms with Crippen LogP contribution in [0.1, 0.15) is 23.6 Å². The Hall–Kier alpha value is -4.52. The summed E-state index contributed by atoms with van der Waals surface area (Å²) >= 11 is 6.05. The number of ether oxygens (including phenoxy) is 1. The Balaban J connectivity index is 0.000000867. The van der Waals surface area contributed by atoms with Gasteiger partial charge in [0, 0.05) is 35.6 Å². The van der Waals surface area contributed by atoms with Crippen molar-refractivity contribution in [1.82, 2.24) is 9.97 Å². The van der Waals surface area contributed by atoms with Crippen molar-refractivity contribution >= 4 is 35.8 Å². The number of aromatic nitrogens is 2. The molecular formula is C27H27ClFN7O4. The third-order valence-corrected chi connectivity index (χ3v) is 6.65. The summed E-state index contributed by atoms with van der Waals surface area (Å²) < 4.78 is 25.0. The van der Waals surface area contributed by atoms with E-state index in [1.165, 1.54) is 19.4 Å². The SMILES string of the molecule is CNc1ccc(-c2cnc(C3(O)CCc4cc(-c5c(N(N)/C=N\N)ccc(Cl)c5F)cnc43)o2)cc1.COC=O. The third-order valence-electron chi connectivity index (χ3n) is 6.36. The number of hydrogen-bond donors (Lipinski definition) is 4. The molecular weight excluding hydrogens is 541 g/mol. The first-order chi connectivity index (χ1) is 19.3. The van der Waals surface area contributed by atoms with E-state index in [1.54, 1.807) is 18.3 Å². The molecule has 0 radical (unpaired) electrons. The highest BCUT2D eigenvalue weighted by atomic mass is 35.5. The maximum Gasteiger partial charge on any atom is 0.292 e. The quantitative estimate of drug-likeness (QED) is 0.0848. The van der Waals surface area contributed by atoms with Crippen LogP contribution in [0.15, 0.2) is 64.4 Å². The van der Waals surface area contributed by atoms with Gasteiger partial charge in [0.25, 0.3) is 6.47 Å². The first-order valence-corrected chi connectivity index (χ1v) is 12.3. The average molecular weight is 568 g/mol. The Bertz CT molecular complexity index is 1530. The van der Waals surface area contributed by atoms with Crippen molar-refractivity contribution in [1.29, 1.82) is 0 Å². The molecule has 0 bridgehead atoms. The maximum atomic E-state index is 15.1. The van der Waals surface area contributed by atoms with Crippen LogP contribution in [0.3, 0.4) is 0 Å². The van der Waals surface area contributed by atoms with E-state index in [2.05, 4.69) is 25.1 Å². The number of nitrogens with one attached hydrogen (secondary N) is 1. The van der Waals surface area contributed by atoms with Gasteiger partial charge >= 0.3 is 0 Å². The van der Waals surface area contributed by atoms with E-state index >= 15 is 4.39 Å². The number of halogens is 2. The largest absolute Gasteiger partial charge is 0.471 e. The number of hydrogen-bond acceptors (Lipinski definition) is 10. The van der Waals surface area contributed by atoms with Gasteiger partial charge in [0.15, 0.2) is 17.2 Å². The number of nitrogens with zero attached hydrogens (tertiary/aromatic N) is 4. The van der Waals surface area contributed by atoms with Crippen molar-refractivity contribution < 1.29 is 23.4 Å². The van der Waals surface area contributed by atoms with E-state index < -0.39 is 11.4 Å². The number of anilines is 2. The minimum absolute atomic E-state index is 0.0705. The standard InChI is InChI=1S/C25H23ClFN7O2.C2H4O2/c1-30-17-4-2-14(3-5-17)20-12-32-24(36-20)25(35)9-8-15-10-16(11-31-23(15)25)21-19(34(29)13-33-28)7-6-18(26)22(21)27;1-4-2-3/h2-7,10-13,30,35H,8-9,28-29H2,1H3;2H,1H3/b33-13-;. The van der Waals surface area contributed by atoms with Crippen molar-refractivity contribution in [3.63, 3.8) is 0 Å². The highest BCUT2D eigenvalue weighted by Gasteiger charge is 2.44. The minimum atomic E-state index is -1.52. The van der Waals surface area contributed by atoms with Gasteiger partial charge in [-0.15, -0.1) is 0 Å². The summed E-state index contributed by atoms with van der Waals surface area (Å²) in [7, 11) is 3.15. The average Bonchev–Trinajstić information content (AvgIpc) is 3.61. The highest BCUT2D eigenvalue weighted by molar-refractivity contribution is 6.31. The molecule has 0 fully saturated rings. The van der Waals surface area contributed by atoms with E-state index in [4.69, 9.17) is 32.5 Å². The predicted octanol–water partition coefficient (Wildman–Crippen LogP) is 3.79. The number of oxazole rings is 1. The molecule has 11 nitrogen and oxygen atoms in total. The molecule has 5 rings (SSSR count). The molecule has 6 N–H and O–H groups in total. The first-order valence-electron chi connectivity index (χ1n) is 12.0. The highest BCUT2D eigenvalue weighted by Crippen LogP contribution is 2.44. The van der Waals surface area contributed by atoms with Crippen LogP contribution in [-0.4, -0.2) is 42.0 Å². The van der Waals surface area contributed by atoms with Crippen molar-refractivity contribution in [2.75, 3.05) is 24.5 Å². The van der Waals surface area contributed by atoms with Gasteiger partial charge in [0.1, 0.15) is 6.34 Å². The summed E-state index contributed by atoms with van der Waals surface area (Å²) in [6, 6.07) is 12.4. The normalized spacial score (nSPS) is 15.8. The Labute approximate surface area is 234 Å². The van der Waals surface area contributed by atoms with Crippen molar-refractivity contribution in [3.05, 3.63) is 82.8 Å². The number of hydrazine groups is 1. The summed E-state index contributed by atoms with van der Waals surface area (Å²) in [6.45, 7) is 0.375. The van der Waals surface area contributed by atoms with Crippen molar-refractivity contribution in [2.24, 2.45) is 16.8 Å². The van der Waals surface area contributed by atoms with E-state index in [9.17, 15) is 5.11 Å². The van der Waals surface area contributed by atoms with Crippen LogP contribution >= 0.6 is 11.6 Å². The van der Waals surface area contributed by atoms with Crippen LogP contribution < -0.4 is 22.0 Å². The molecule has 4 aromatic rings. The molecule has 1 aliphatic rings. The second-order valence-corrected chi connectivity index (χ2v) is 9.12. The molecule has 2 aromatic carbocycles. The lowest BCUT2D eigenvalue weighted by molar-refractivity contribution is -0.126. The van der Waals surface area contributed by atoms with Crippen molar-refractivity contribution in [2.45, 2.75) is 18.4 Å². The summed E-state index contributed by atoms with van der Waals surface area (Å²) in [5.74, 6) is 11.2. The fourth-order valence-corrected chi connectivity index (χ4v) is 4.57. The lowest BCUT2D eigenvalue weighted by Gasteiger charge is -2.20. The molecule has 40 heavy (non-hydrogen) atoms. The number of fused-ring (bicyclic) bond motifs is 1. The Morgan fingerprint density at radius 1 is 1.23 bits per heavy atom. The van der Waals surface area contributed by atoms with Gasteiger partial charge in [-0.3, -0.25) is 14.8 Å². The molecule has 208 valence electrons. The fourth-order valence-electron chi connectivity index (χ4n) is 4.42. The second kappa shape index (κ2) is 12.1. The minimum Gasteiger partial charge on any atom is -0.471 e. The number of aryl methyl sites for hydroxylation is 1. The van der Waals surface area contributed by atoms with Crippen LogP contribution in [0, 0.1) is 5.82 Å². The van der Waals surface area contributed by atoms with Crippen LogP contribution in [0.5, 0.6) is 0 Å². The number of aliphatic hydroxyl groups is 1. The van der Waals surface area contributed by atoms with Gasteiger partial charge in [-0.1, -0.05) is 11.6 Å². The van der Waals surface area contributed by atoms with Gasteiger partial charge in [-0.25, -0.2) is 15.2 Å². The zero-order chi connectivity index (χ0) is 28.9. The van der Waals surface area contributed by atoms with Crippen LogP contribution in [0.25, 0.3) is 22.5 Å². The number of pyridine rings is 1. The van der Waals surface area contributed by atoms with Gasteiger partial charge in [0.2, 0.25) is 5.89 Å². The van der Waals surface area contributed by atoms with Gasteiger partial charge in [-0.2, -0.15) is 5.10 Å². The Kier molecular flexibility index (Phi) is 8.63. The lowest BCUT2D eigenvalue weighted by Crippen LogP contribution is -2.30. The van der Waals surface area contributed by atoms with Gasteiger partial charge in [-0.05, 0) is 60.9 Å². The molecule has 0 aliphatic heterocycles. The fraction of sp³-hybridized carbons (Fsp3) is 0.185. The summed E-state index contributed by atoms with van der Waals surface area (Å²) in [5.41, 5.74) is 2.28. The first kappa shape index (κ1) is 28.5. The second-order valence-electron chi connectivity index (χ2n) is 8.71. The molecule has 0 amide bonds. The van der Waals surface area contributed by atoms with E-state index in [1.807, 2.05) is 31.3 Å². The zero-order valence-corrected chi connectivity index (χ0v) is 22.4. The molecule has 2 aromatic heterocycles. The molecule has 0 saturated carbocycles. The van der Waals surface area contributed by atoms with E-state index in [0.29, 0.717) is 42.0 Å². The summed E-state index contributed by atoms with van der Waals surface area (Å²) in [4.78, 5) is 17.8. The predicted molar refractivity (Wildman–Crippen MR) is 150 cm³/mol. The van der Waals surface area contributed by atoms with Gasteiger partial charge in [0.05, 0.1) is 29.7 Å². The number of hydrazone groups is 1. The number of benzene rings is 2. The molecule has 1 aliphatic carbocycles. The summed E-state index contributed by atoms with van der Waals surface area (Å²) in [6.07, 6.45) is 4.98. The monoisotopic (exact) mass is 567 g/mol. The topological polar surface area (TPSA) is 165 Å². The maximum absolute atomic E-state index is 15.1. The molecule has 2 heterocycles. The Morgan fingerprint density at radius 2 is 1.95 bits per heavy atom. The number of carbonyl (C=O) groups excluding carboxylic acids is 1. The molecule has 0 spiro atoms. The van der Waals surface area contributed by atoms with Crippen LogP contribution in [-0.2, 0) is 21.6 Å². The van der Waals surface area contributed by atoms with Crippen LogP contribution in [0.2, 0.25) is 5.02 Å². The number of carbonyl (C=O) groups is 1. The molecule has 1 unspecified atom stereocenters. The number of methoxy groups -OCH3 is 1. The van der Waals surface area contributed by atoms with E-state index in [0.717, 1.165) is 28.2 Å². The molecule has 1 atom stereocenters. The zero-order valence-electron chi connectivity index (χ0n) is 21.6. The Morgan fingerprint density at radius 3 is 2.60 bits per heavy atom.